The van der Waals surface area contributed by atoms with E-state index in [0.717, 1.165) is 27.8 Å². The van der Waals surface area contributed by atoms with Crippen molar-refractivity contribution < 1.29 is 24.0 Å². The smallest absolute Gasteiger partial charge is 0.356 e. The summed E-state index contributed by atoms with van der Waals surface area (Å²) < 4.78 is 6.17. The van der Waals surface area contributed by atoms with E-state index >= 15 is 0 Å². The van der Waals surface area contributed by atoms with Crippen molar-refractivity contribution in [2.24, 2.45) is 5.16 Å². The molecule has 0 radical (unpaired) electrons. The molecular weight excluding hydrogens is 802 g/mol. The Morgan fingerprint density at radius 3 is 1.83 bits per heavy atom. The minimum Gasteiger partial charge on any atom is -0.448 e. The lowest BCUT2D eigenvalue weighted by molar-refractivity contribution is -0.154. The molecule has 13 heteroatoms. The van der Waals surface area contributed by atoms with E-state index < -0.39 is 40.8 Å². The minimum atomic E-state index is -0.966. The van der Waals surface area contributed by atoms with Crippen molar-refractivity contribution in [3.8, 4) is 0 Å². The molecule has 1 fully saturated rings. The molecule has 0 unspecified atom stereocenters. The highest BCUT2D eigenvalue weighted by atomic mass is 35.5. The molecule has 2 aliphatic heterocycles. The number of oxime groups is 1. The quantitative estimate of drug-likeness (QED) is 0.0282. The van der Waals surface area contributed by atoms with Crippen LogP contribution in [-0.2, 0) is 29.5 Å². The normalized spacial score (nSPS) is 16.6. The van der Waals surface area contributed by atoms with Crippen LogP contribution in [0.15, 0.2) is 173 Å². The number of aromatic nitrogens is 1. The monoisotopic (exact) mass is 839 g/mol. The number of alkyl halides is 1. The second-order valence-corrected chi connectivity index (χ2v) is 15.9. The van der Waals surface area contributed by atoms with E-state index in [1.54, 1.807) is 5.38 Å². The van der Waals surface area contributed by atoms with E-state index in [0.29, 0.717) is 16.5 Å². The largest absolute Gasteiger partial charge is 0.448 e. The Balaban J connectivity index is 1.03. The van der Waals surface area contributed by atoms with Gasteiger partial charge in [0.15, 0.2) is 16.9 Å². The summed E-state index contributed by atoms with van der Waals surface area (Å²) in [7, 11) is 1.34. The summed E-state index contributed by atoms with van der Waals surface area (Å²) in [5, 5.41) is 12.3. The molecule has 0 spiro atoms. The van der Waals surface area contributed by atoms with Crippen LogP contribution in [-0.4, -0.2) is 63.5 Å². The third kappa shape index (κ3) is 7.86. The molecule has 0 aliphatic carbocycles. The Morgan fingerprint density at radius 2 is 1.34 bits per heavy atom. The number of anilines is 1. The first-order valence-electron chi connectivity index (χ1n) is 18.8. The zero-order valence-corrected chi connectivity index (χ0v) is 34.1. The fourth-order valence-electron chi connectivity index (χ4n) is 7.41. The Labute approximate surface area is 354 Å². The van der Waals surface area contributed by atoms with Crippen LogP contribution in [0.25, 0.3) is 0 Å². The van der Waals surface area contributed by atoms with E-state index in [4.69, 9.17) is 26.2 Å². The average molecular weight is 840 g/mol. The van der Waals surface area contributed by atoms with Crippen LogP contribution >= 0.6 is 34.7 Å². The highest BCUT2D eigenvalue weighted by Crippen LogP contribution is 2.43. The van der Waals surface area contributed by atoms with Crippen molar-refractivity contribution in [1.82, 2.24) is 15.2 Å². The fourth-order valence-corrected chi connectivity index (χ4v) is 9.84. The second kappa shape index (κ2) is 17.7. The van der Waals surface area contributed by atoms with Crippen LogP contribution in [0.4, 0.5) is 5.13 Å². The molecule has 59 heavy (non-hydrogen) atoms. The second-order valence-electron chi connectivity index (χ2n) is 13.7. The summed E-state index contributed by atoms with van der Waals surface area (Å²) in [5.41, 5.74) is 4.46. The number of amides is 2. The van der Waals surface area contributed by atoms with Crippen molar-refractivity contribution in [1.29, 1.82) is 0 Å². The summed E-state index contributed by atoms with van der Waals surface area (Å²) in [6.45, 7) is 0. The molecule has 3 heterocycles. The third-order valence-corrected chi connectivity index (χ3v) is 12.6. The molecule has 2 aliphatic rings. The van der Waals surface area contributed by atoms with Gasteiger partial charge >= 0.3 is 5.97 Å². The molecule has 10 nitrogen and oxygen atoms in total. The molecule has 2 atom stereocenters. The zero-order chi connectivity index (χ0) is 40.8. The number of halogens is 1. The number of hydrogen-bond donors (Lipinski definition) is 2. The van der Waals surface area contributed by atoms with Crippen LogP contribution in [0.3, 0.4) is 0 Å². The number of benzene rings is 5. The Bertz CT molecular complexity index is 2350. The molecular formula is C46H38ClN5O5S2. The maximum Gasteiger partial charge on any atom is 0.356 e. The lowest BCUT2D eigenvalue weighted by Gasteiger charge is -2.49. The summed E-state index contributed by atoms with van der Waals surface area (Å²) >= 11 is 9.07. The van der Waals surface area contributed by atoms with Gasteiger partial charge in [-0.1, -0.05) is 157 Å². The Morgan fingerprint density at radius 1 is 0.831 bits per heavy atom. The summed E-state index contributed by atoms with van der Waals surface area (Å²) in [6.07, 6.45) is -0.725. The topological polar surface area (TPSA) is 122 Å². The predicted molar refractivity (Wildman–Crippen MR) is 232 cm³/mol. The van der Waals surface area contributed by atoms with Gasteiger partial charge in [0.25, 0.3) is 11.8 Å². The number of thioether (sulfide) groups is 1. The van der Waals surface area contributed by atoms with Gasteiger partial charge in [-0.25, -0.2) is 9.78 Å². The number of esters is 1. The molecule has 5 aromatic carbocycles. The summed E-state index contributed by atoms with van der Waals surface area (Å²) in [5.74, 6) is -1.42. The number of nitrogens with zero attached hydrogens (tertiary/aromatic N) is 3. The number of carbonyl (C=O) groups is 3. The van der Waals surface area contributed by atoms with Gasteiger partial charge in [0.05, 0.1) is 0 Å². The Hall–Kier alpha value is -6.21. The number of fused-ring (bicyclic) bond motifs is 1. The summed E-state index contributed by atoms with van der Waals surface area (Å²) in [6, 6.07) is 48.1. The first-order valence-corrected chi connectivity index (χ1v) is 21.3. The standard InChI is InChI=1S/C46H38ClN5O5S2/c1-56-51-37(36-29-59-45(48-36)50-46(33-21-11-4-12-22-33,34-23-13-5-14-24-34)35-25-15-6-16-26-35)41(53)49-38-42(54)52-39(32(27-47)28-58-43(38)52)44(55)57-40(30-17-7-2-8-18-30)31-19-9-3-10-20-31/h2-26,29,38,40,43H,27-28H2,1H3,(H,48,50)(H,49,53)/t38-,43-/m1/s1. The van der Waals surface area contributed by atoms with E-state index in [1.165, 1.54) is 35.1 Å². The zero-order valence-electron chi connectivity index (χ0n) is 31.7. The Kier molecular flexibility index (Phi) is 11.9. The maximum absolute atomic E-state index is 14.1. The summed E-state index contributed by atoms with van der Waals surface area (Å²) in [4.78, 5) is 53.4. The van der Waals surface area contributed by atoms with Gasteiger partial charge in [0, 0.05) is 17.0 Å². The number of β-lactam (4-membered cyclic amide) rings is 1. The molecule has 1 saturated heterocycles. The number of carbonyl (C=O) groups excluding carboxylic acids is 3. The van der Waals surface area contributed by atoms with E-state index in [2.05, 4.69) is 52.2 Å². The molecule has 0 bridgehead atoms. The molecule has 296 valence electrons. The van der Waals surface area contributed by atoms with Crippen LogP contribution in [0, 0.1) is 0 Å². The molecule has 8 rings (SSSR count). The van der Waals surface area contributed by atoms with Crippen molar-refractivity contribution in [2.45, 2.75) is 23.1 Å². The molecule has 2 N–H and O–H groups in total. The number of thiazole rings is 1. The number of hydrogen-bond acceptors (Lipinski definition) is 10. The van der Waals surface area contributed by atoms with Crippen LogP contribution < -0.4 is 10.6 Å². The molecule has 6 aromatic rings. The highest BCUT2D eigenvalue weighted by molar-refractivity contribution is 8.00. The molecule has 2 amide bonds. The predicted octanol–water partition coefficient (Wildman–Crippen LogP) is 8.12. The van der Waals surface area contributed by atoms with Gasteiger partial charge in [-0.3, -0.25) is 14.5 Å². The highest BCUT2D eigenvalue weighted by Gasteiger charge is 2.55. The molecule has 0 saturated carbocycles. The van der Waals surface area contributed by atoms with E-state index in [9.17, 15) is 14.4 Å². The van der Waals surface area contributed by atoms with Crippen LogP contribution in [0.1, 0.15) is 39.6 Å². The van der Waals surface area contributed by atoms with E-state index in [-0.39, 0.29) is 23.0 Å². The van der Waals surface area contributed by atoms with Crippen LogP contribution in [0.5, 0.6) is 0 Å². The third-order valence-electron chi connectivity index (χ3n) is 10.2. The van der Waals surface area contributed by atoms with Crippen LogP contribution in [0.2, 0.25) is 0 Å². The average Bonchev–Trinajstić information content (AvgIpc) is 3.76. The first-order chi connectivity index (χ1) is 28.9. The lowest BCUT2D eigenvalue weighted by Crippen LogP contribution is -2.71. The van der Waals surface area contributed by atoms with Gasteiger partial charge in [-0.15, -0.1) is 34.7 Å². The molecule has 1 aromatic heterocycles. The first kappa shape index (κ1) is 39.6. The number of ether oxygens (including phenoxy) is 1. The SMILES string of the molecule is CON=C(C(=O)N[C@@H]1C(=O)N2C(C(=O)OC(c3ccccc3)c3ccccc3)=C(CCl)CS[C@H]12)c1csc(NC(c2ccccc2)(c2ccccc2)c2ccccc2)n1. The fraction of sp³-hybridized carbons (Fsp3) is 0.152. The van der Waals surface area contributed by atoms with Gasteiger partial charge in [0.1, 0.15) is 35.5 Å². The van der Waals surface area contributed by atoms with Gasteiger partial charge in [0.2, 0.25) is 0 Å². The number of nitrogens with one attached hydrogen (secondary N) is 2. The van der Waals surface area contributed by atoms with Crippen molar-refractivity contribution in [2.75, 3.05) is 24.1 Å². The minimum absolute atomic E-state index is 0.0250. The van der Waals surface area contributed by atoms with Gasteiger partial charge < -0.3 is 20.2 Å². The number of rotatable bonds is 14. The van der Waals surface area contributed by atoms with Crippen molar-refractivity contribution >= 4 is 63.3 Å². The van der Waals surface area contributed by atoms with Gasteiger partial charge in [-0.05, 0) is 33.4 Å². The van der Waals surface area contributed by atoms with Gasteiger partial charge in [-0.2, -0.15) is 0 Å². The van der Waals surface area contributed by atoms with E-state index in [1.807, 2.05) is 115 Å². The maximum atomic E-state index is 14.1. The van der Waals surface area contributed by atoms with Crippen molar-refractivity contribution in [3.05, 3.63) is 202 Å². The lowest BCUT2D eigenvalue weighted by atomic mass is 9.77. The van der Waals surface area contributed by atoms with Crippen molar-refractivity contribution in [3.63, 3.8) is 0 Å².